The van der Waals surface area contributed by atoms with Gasteiger partial charge in [0.25, 0.3) is 5.56 Å². The van der Waals surface area contributed by atoms with E-state index in [0.29, 0.717) is 0 Å². The number of carbonyl (C=O) groups excluding carboxylic acids is 2. The first-order valence-electron chi connectivity index (χ1n) is 7.07. The highest BCUT2D eigenvalue weighted by atomic mass is 19.1. The molecule has 0 radical (unpaired) electrons. The Kier molecular flexibility index (Phi) is 3.24. The van der Waals surface area contributed by atoms with Crippen molar-refractivity contribution in [1.82, 2.24) is 14.9 Å². The minimum atomic E-state index is -1.25. The van der Waals surface area contributed by atoms with E-state index in [2.05, 4.69) is 10.3 Å². The molecule has 1 saturated heterocycles. The van der Waals surface area contributed by atoms with E-state index in [1.54, 1.807) is 14.8 Å². The number of nitrogens with one attached hydrogen (secondary N) is 1. The highest BCUT2D eigenvalue weighted by molar-refractivity contribution is 6.28. The zero-order valence-corrected chi connectivity index (χ0v) is 12.6. The average Bonchev–Trinajstić information content (AvgIpc) is 2.42. The zero-order chi connectivity index (χ0) is 16.9. The van der Waals surface area contributed by atoms with E-state index < -0.39 is 22.7 Å². The summed E-state index contributed by atoms with van der Waals surface area (Å²) < 4.78 is 14.7. The van der Waals surface area contributed by atoms with Crippen LogP contribution in [-0.2, 0) is 15.0 Å². The molecule has 2 heterocycles. The van der Waals surface area contributed by atoms with Crippen LogP contribution in [-0.4, -0.2) is 29.2 Å². The monoisotopic (exact) mass is 316 g/mol. The van der Waals surface area contributed by atoms with Crippen LogP contribution in [0.1, 0.15) is 18.7 Å². The number of benzene rings is 1. The molecule has 3 rings (SSSR count). The minimum Gasteiger partial charge on any atom is -0.398 e. The number of hydrogen-bond acceptors (Lipinski definition) is 5. The lowest BCUT2D eigenvalue weighted by Gasteiger charge is -2.34. The lowest BCUT2D eigenvalue weighted by molar-refractivity contribution is -0.137. The summed E-state index contributed by atoms with van der Waals surface area (Å²) in [6, 6.07) is 2.16. The van der Waals surface area contributed by atoms with Gasteiger partial charge in [-0.05, 0) is 19.4 Å². The number of halogens is 1. The fourth-order valence-corrected chi connectivity index (χ4v) is 3.01. The number of nitrogens with zero attached hydrogens (tertiary/aromatic N) is 2. The van der Waals surface area contributed by atoms with Crippen LogP contribution < -0.4 is 16.6 Å². The van der Waals surface area contributed by atoms with Gasteiger partial charge in [0.05, 0.1) is 16.3 Å². The summed E-state index contributed by atoms with van der Waals surface area (Å²) in [6.45, 7) is 1.55. The SMILES string of the molecule is B[C@@]1(n2c(C)nc3cc(F)cc(N)c3c2=O)CCC(=O)NC1=O. The maximum absolute atomic E-state index is 13.5. The first-order valence-corrected chi connectivity index (χ1v) is 7.07. The first kappa shape index (κ1) is 15.2. The molecule has 0 bridgehead atoms. The van der Waals surface area contributed by atoms with Crippen molar-refractivity contribution in [2.24, 2.45) is 0 Å². The summed E-state index contributed by atoms with van der Waals surface area (Å²) >= 11 is 0. The van der Waals surface area contributed by atoms with E-state index in [9.17, 15) is 18.8 Å². The van der Waals surface area contributed by atoms with Crippen molar-refractivity contribution in [2.75, 3.05) is 5.73 Å². The third-order valence-corrected chi connectivity index (χ3v) is 4.21. The predicted octanol–water partition coefficient (Wildman–Crippen LogP) is -0.851. The van der Waals surface area contributed by atoms with Crippen molar-refractivity contribution in [1.29, 1.82) is 0 Å². The number of hydrogen-bond donors (Lipinski definition) is 2. The molecule has 0 unspecified atom stereocenters. The number of fused-ring (bicyclic) bond motifs is 1. The smallest absolute Gasteiger partial charge is 0.263 e. The van der Waals surface area contributed by atoms with Gasteiger partial charge in [-0.3, -0.25) is 24.3 Å². The van der Waals surface area contributed by atoms with E-state index in [0.717, 1.165) is 12.1 Å². The topological polar surface area (TPSA) is 107 Å². The van der Waals surface area contributed by atoms with Crippen molar-refractivity contribution >= 4 is 36.3 Å². The molecule has 118 valence electrons. The van der Waals surface area contributed by atoms with Gasteiger partial charge in [-0.15, -0.1) is 0 Å². The van der Waals surface area contributed by atoms with Crippen LogP contribution in [0.15, 0.2) is 16.9 Å². The lowest BCUT2D eigenvalue weighted by Crippen LogP contribution is -2.58. The number of nitrogens with two attached hydrogens (primary N) is 1. The third-order valence-electron chi connectivity index (χ3n) is 4.21. The molecule has 1 atom stereocenters. The molecule has 1 aromatic carbocycles. The van der Waals surface area contributed by atoms with Crippen molar-refractivity contribution < 1.29 is 14.0 Å². The molecule has 1 fully saturated rings. The van der Waals surface area contributed by atoms with Gasteiger partial charge in [-0.25, -0.2) is 9.37 Å². The van der Waals surface area contributed by atoms with Crippen molar-refractivity contribution in [3.63, 3.8) is 0 Å². The molecule has 3 N–H and O–H groups in total. The number of imide groups is 1. The number of piperidine rings is 1. The molecular formula is C14H14BFN4O3. The summed E-state index contributed by atoms with van der Waals surface area (Å²) in [5, 5.41) is 2.30. The van der Waals surface area contributed by atoms with Crippen LogP contribution in [0.2, 0.25) is 0 Å². The predicted molar refractivity (Wildman–Crippen MR) is 84.0 cm³/mol. The van der Waals surface area contributed by atoms with Crippen LogP contribution in [0, 0.1) is 12.7 Å². The second-order valence-electron chi connectivity index (χ2n) is 5.84. The average molecular weight is 316 g/mol. The number of nitrogen functional groups attached to an aromatic ring is 1. The Bertz CT molecular complexity index is 926. The number of anilines is 1. The highest BCUT2D eigenvalue weighted by Gasteiger charge is 2.42. The molecule has 2 amide bonds. The van der Waals surface area contributed by atoms with E-state index in [-0.39, 0.29) is 41.2 Å². The summed E-state index contributed by atoms with van der Waals surface area (Å²) in [6.07, 6.45) is 0.289. The van der Waals surface area contributed by atoms with Crippen molar-refractivity contribution in [3.8, 4) is 0 Å². The van der Waals surface area contributed by atoms with Gasteiger partial charge in [0.1, 0.15) is 19.5 Å². The summed E-state index contributed by atoms with van der Waals surface area (Å²) in [5.74, 6) is -1.29. The summed E-state index contributed by atoms with van der Waals surface area (Å²) in [7, 11) is 1.57. The van der Waals surface area contributed by atoms with Crippen LogP contribution in [0.5, 0.6) is 0 Å². The molecule has 23 heavy (non-hydrogen) atoms. The normalized spacial score (nSPS) is 21.5. The molecule has 7 nitrogen and oxygen atoms in total. The molecule has 1 aromatic heterocycles. The number of carbonyl (C=O) groups is 2. The maximum atomic E-state index is 13.5. The first-order chi connectivity index (χ1) is 10.7. The Hall–Kier alpha value is -2.71. The van der Waals surface area contributed by atoms with Crippen LogP contribution in [0.25, 0.3) is 10.9 Å². The van der Waals surface area contributed by atoms with E-state index in [1.807, 2.05) is 0 Å². The van der Waals surface area contributed by atoms with Gasteiger partial charge in [0.15, 0.2) is 0 Å². The maximum Gasteiger partial charge on any atom is 0.263 e. The van der Waals surface area contributed by atoms with Gasteiger partial charge < -0.3 is 5.73 Å². The molecule has 2 aromatic rings. The molecule has 0 saturated carbocycles. The van der Waals surface area contributed by atoms with Crippen LogP contribution in [0.3, 0.4) is 0 Å². The largest absolute Gasteiger partial charge is 0.398 e. The fourth-order valence-electron chi connectivity index (χ4n) is 3.01. The number of aromatic nitrogens is 2. The number of amides is 2. The van der Waals surface area contributed by atoms with Gasteiger partial charge >= 0.3 is 0 Å². The Labute approximate surface area is 131 Å². The van der Waals surface area contributed by atoms with Gasteiger partial charge in [0, 0.05) is 18.2 Å². The van der Waals surface area contributed by atoms with E-state index in [4.69, 9.17) is 5.73 Å². The van der Waals surface area contributed by atoms with Gasteiger partial charge in [-0.1, -0.05) is 0 Å². The van der Waals surface area contributed by atoms with Crippen LogP contribution in [0.4, 0.5) is 10.1 Å². The van der Waals surface area contributed by atoms with Gasteiger partial charge in [-0.2, -0.15) is 0 Å². The quantitative estimate of drug-likeness (QED) is 0.405. The van der Waals surface area contributed by atoms with Crippen molar-refractivity contribution in [2.45, 2.75) is 25.2 Å². The fraction of sp³-hybridized carbons (Fsp3) is 0.286. The van der Waals surface area contributed by atoms with E-state index in [1.165, 1.54) is 4.57 Å². The number of rotatable bonds is 1. The highest BCUT2D eigenvalue weighted by Crippen LogP contribution is 2.25. The van der Waals surface area contributed by atoms with Crippen molar-refractivity contribution in [3.05, 3.63) is 34.1 Å². The molecule has 9 heteroatoms. The Morgan fingerprint density at radius 2 is 2.09 bits per heavy atom. The third kappa shape index (κ3) is 2.19. The Morgan fingerprint density at radius 3 is 2.74 bits per heavy atom. The van der Waals surface area contributed by atoms with E-state index >= 15 is 0 Å². The van der Waals surface area contributed by atoms with Gasteiger partial charge in [0.2, 0.25) is 11.8 Å². The summed E-state index contributed by atoms with van der Waals surface area (Å²) in [5.41, 5.74) is 4.07. The second-order valence-corrected chi connectivity index (χ2v) is 5.84. The minimum absolute atomic E-state index is 0.0397. The molecule has 1 aliphatic heterocycles. The Balaban J connectivity index is 2.33. The lowest BCUT2D eigenvalue weighted by atomic mass is 9.71. The molecule has 1 aliphatic rings. The zero-order valence-electron chi connectivity index (χ0n) is 12.6. The number of aryl methyl sites for hydroxylation is 1. The second kappa shape index (κ2) is 4.90. The standard InChI is InChI=1S/C14H14BFN4O3/c1-6-18-9-5-7(16)4-8(17)11(9)12(22)20(6)14(15)3-2-10(21)19-13(14)23/h4-5H,2-3,15,17H2,1H3,(H,19,21,23)/t14-/m1/s1. The molecule has 0 spiro atoms. The summed E-state index contributed by atoms with van der Waals surface area (Å²) in [4.78, 5) is 40.7. The molecular weight excluding hydrogens is 302 g/mol. The molecule has 0 aliphatic carbocycles. The van der Waals surface area contributed by atoms with Crippen LogP contribution >= 0.6 is 0 Å². The Morgan fingerprint density at radius 1 is 1.39 bits per heavy atom.